The van der Waals surface area contributed by atoms with Crippen LogP contribution in [0.5, 0.6) is 5.75 Å². The van der Waals surface area contributed by atoms with E-state index in [9.17, 15) is 5.11 Å². The molecule has 2 aromatic carbocycles. The van der Waals surface area contributed by atoms with Crippen molar-refractivity contribution in [3.8, 4) is 5.75 Å². The van der Waals surface area contributed by atoms with E-state index in [1.165, 1.54) is 5.56 Å². The van der Waals surface area contributed by atoms with E-state index in [4.69, 9.17) is 0 Å². The summed E-state index contributed by atoms with van der Waals surface area (Å²) in [6.07, 6.45) is 1.93. The quantitative estimate of drug-likeness (QED) is 0.568. The predicted octanol–water partition coefficient (Wildman–Crippen LogP) is 5.13. The van der Waals surface area contributed by atoms with Crippen LogP contribution in [-0.2, 0) is 0 Å². The van der Waals surface area contributed by atoms with E-state index in [0.29, 0.717) is 5.75 Å². The molecule has 0 radical (unpaired) electrons. The van der Waals surface area contributed by atoms with E-state index in [1.807, 2.05) is 42.5 Å². The van der Waals surface area contributed by atoms with Gasteiger partial charge in [0.05, 0.1) is 0 Å². The van der Waals surface area contributed by atoms with E-state index in [-0.39, 0.29) is 42.0 Å². The maximum absolute atomic E-state index is 10.1. The molecular weight excluding hydrogens is 361 g/mol. The molecule has 108 valence electrons. The van der Waals surface area contributed by atoms with Crippen LogP contribution in [0.3, 0.4) is 0 Å². The fourth-order valence-corrected chi connectivity index (χ4v) is 2.31. The molecule has 0 fully saturated rings. The number of halogens is 1. The molecule has 2 atom stereocenters. The third-order valence-corrected chi connectivity index (χ3v) is 3.33. The van der Waals surface area contributed by atoms with Gasteiger partial charge in [-0.3, -0.25) is 0 Å². The Labute approximate surface area is 138 Å². The van der Waals surface area contributed by atoms with Crippen LogP contribution in [0, 0.1) is 5.92 Å². The monoisotopic (exact) mass is 383 g/mol. The number of hydrogen-bond acceptors (Lipinski definition) is 2. The Kier molecular flexibility index (Phi) is 8.18. The predicted molar refractivity (Wildman–Crippen MR) is 96.2 cm³/mol. The Bertz CT molecular complexity index is 528. The van der Waals surface area contributed by atoms with E-state index < -0.39 is 0 Å². The maximum Gasteiger partial charge on any atom is 0.119 e. The molecule has 2 unspecified atom stereocenters. The molecule has 0 bridgehead atoms. The van der Waals surface area contributed by atoms with E-state index in [1.54, 1.807) is 6.07 Å². The third-order valence-electron chi connectivity index (χ3n) is 3.33. The summed E-state index contributed by atoms with van der Waals surface area (Å²) >= 11 is 0. The van der Waals surface area contributed by atoms with E-state index in [2.05, 4.69) is 25.6 Å². The molecule has 0 aliphatic heterocycles. The number of allylic oxidation sites excluding steroid dienone is 1. The molecule has 0 spiro atoms. The fraction of sp³-hybridized carbons (Fsp3) is 0.176. The van der Waals surface area contributed by atoms with Gasteiger partial charge in [-0.05, 0) is 17.5 Å². The normalized spacial score (nSPS) is 12.4. The first-order valence-electron chi connectivity index (χ1n) is 6.19. The molecule has 2 nitrogen and oxygen atoms in total. The van der Waals surface area contributed by atoms with Gasteiger partial charge in [-0.2, -0.15) is 0 Å². The Balaban J connectivity index is 0.00000180. The summed E-state index contributed by atoms with van der Waals surface area (Å²) in [6, 6.07) is 17.8. The molecular formula is C17H22INO. The van der Waals surface area contributed by atoms with Crippen molar-refractivity contribution in [2.45, 2.75) is 12.8 Å². The van der Waals surface area contributed by atoms with Crippen LogP contribution < -0.4 is 6.15 Å². The molecule has 0 saturated carbocycles. The second-order valence-electron chi connectivity index (χ2n) is 4.54. The standard InChI is InChI=1S/C17H18O.HI.H3N/c1-3-13(2)17(14-9-5-4-6-10-14)15-11-7-8-12-16(15)18;;/h3-13,17-18H,1H2,2H3;1H;1H3. The van der Waals surface area contributed by atoms with Crippen molar-refractivity contribution in [1.82, 2.24) is 6.15 Å². The van der Waals surface area contributed by atoms with Crippen LogP contribution in [0.25, 0.3) is 0 Å². The molecule has 2 rings (SSSR count). The van der Waals surface area contributed by atoms with Gasteiger partial charge in [0, 0.05) is 11.5 Å². The summed E-state index contributed by atoms with van der Waals surface area (Å²) in [5.41, 5.74) is 2.16. The van der Waals surface area contributed by atoms with Gasteiger partial charge < -0.3 is 11.3 Å². The highest BCUT2D eigenvalue weighted by Crippen LogP contribution is 2.36. The summed E-state index contributed by atoms with van der Waals surface area (Å²) in [5.74, 6) is 0.755. The zero-order chi connectivity index (χ0) is 13.0. The first-order chi connectivity index (χ1) is 8.74. The Morgan fingerprint density at radius 3 is 2.10 bits per heavy atom. The SMILES string of the molecule is C=CC(C)C(c1ccccc1)c1ccccc1O.I.N. The van der Waals surface area contributed by atoms with Gasteiger partial charge in [0.25, 0.3) is 0 Å². The maximum atomic E-state index is 10.1. The van der Waals surface area contributed by atoms with Crippen LogP contribution in [0.4, 0.5) is 0 Å². The molecule has 0 amide bonds. The van der Waals surface area contributed by atoms with Crippen molar-refractivity contribution in [2.24, 2.45) is 5.92 Å². The minimum absolute atomic E-state index is 0. The molecule has 0 heterocycles. The third kappa shape index (κ3) is 4.08. The average molecular weight is 383 g/mol. The molecule has 20 heavy (non-hydrogen) atoms. The molecule has 0 aromatic heterocycles. The first kappa shape index (κ1) is 18.7. The van der Waals surface area contributed by atoms with Crippen molar-refractivity contribution < 1.29 is 5.11 Å². The van der Waals surface area contributed by atoms with Crippen molar-refractivity contribution in [3.05, 3.63) is 78.4 Å². The smallest absolute Gasteiger partial charge is 0.119 e. The Hall–Kier alpha value is -1.33. The van der Waals surface area contributed by atoms with Gasteiger partial charge >= 0.3 is 0 Å². The van der Waals surface area contributed by atoms with Crippen LogP contribution in [-0.4, -0.2) is 5.11 Å². The van der Waals surface area contributed by atoms with Crippen molar-refractivity contribution in [3.63, 3.8) is 0 Å². The Morgan fingerprint density at radius 2 is 1.55 bits per heavy atom. The Morgan fingerprint density at radius 1 is 1.00 bits per heavy atom. The minimum Gasteiger partial charge on any atom is -0.508 e. The number of hydrogen-bond donors (Lipinski definition) is 2. The number of phenolic OH excluding ortho intramolecular Hbond substituents is 1. The highest BCUT2D eigenvalue weighted by atomic mass is 127. The van der Waals surface area contributed by atoms with Gasteiger partial charge in [0.1, 0.15) is 5.75 Å². The summed E-state index contributed by atoms with van der Waals surface area (Å²) in [5, 5.41) is 10.1. The zero-order valence-electron chi connectivity index (χ0n) is 11.7. The highest BCUT2D eigenvalue weighted by Gasteiger charge is 2.21. The van der Waals surface area contributed by atoms with Gasteiger partial charge in [-0.15, -0.1) is 30.6 Å². The van der Waals surface area contributed by atoms with Gasteiger partial charge in [0.2, 0.25) is 0 Å². The molecule has 0 aliphatic carbocycles. The number of rotatable bonds is 4. The van der Waals surface area contributed by atoms with Crippen molar-refractivity contribution in [1.29, 1.82) is 0 Å². The summed E-state index contributed by atoms with van der Waals surface area (Å²) < 4.78 is 0. The molecule has 3 heteroatoms. The topological polar surface area (TPSA) is 55.2 Å². The van der Waals surface area contributed by atoms with Crippen molar-refractivity contribution in [2.75, 3.05) is 0 Å². The van der Waals surface area contributed by atoms with Crippen molar-refractivity contribution >= 4 is 24.0 Å². The second-order valence-corrected chi connectivity index (χ2v) is 4.54. The van der Waals surface area contributed by atoms with Crippen LogP contribution >= 0.6 is 24.0 Å². The highest BCUT2D eigenvalue weighted by molar-refractivity contribution is 14.0. The zero-order valence-corrected chi connectivity index (χ0v) is 14.0. The van der Waals surface area contributed by atoms with Crippen LogP contribution in [0.15, 0.2) is 67.3 Å². The minimum atomic E-state index is 0. The lowest BCUT2D eigenvalue weighted by Crippen LogP contribution is -2.09. The first-order valence-corrected chi connectivity index (χ1v) is 6.19. The fourth-order valence-electron chi connectivity index (χ4n) is 2.31. The lowest BCUT2D eigenvalue weighted by Gasteiger charge is -2.23. The summed E-state index contributed by atoms with van der Waals surface area (Å²) in [4.78, 5) is 0. The molecule has 2 aromatic rings. The second kappa shape index (κ2) is 8.76. The number of para-hydroxylation sites is 1. The largest absolute Gasteiger partial charge is 0.508 e. The van der Waals surface area contributed by atoms with Gasteiger partial charge in [-0.1, -0.05) is 61.5 Å². The summed E-state index contributed by atoms with van der Waals surface area (Å²) in [6.45, 7) is 6.00. The van der Waals surface area contributed by atoms with Crippen LogP contribution in [0.1, 0.15) is 24.0 Å². The number of phenols is 1. The van der Waals surface area contributed by atoms with Gasteiger partial charge in [-0.25, -0.2) is 0 Å². The molecule has 0 saturated heterocycles. The lowest BCUT2D eigenvalue weighted by atomic mass is 9.81. The summed E-state index contributed by atoms with van der Waals surface area (Å²) in [7, 11) is 0. The molecule has 4 N–H and O–H groups in total. The average Bonchev–Trinajstić information content (AvgIpc) is 2.42. The number of aromatic hydroxyl groups is 1. The number of benzene rings is 2. The lowest BCUT2D eigenvalue weighted by molar-refractivity contribution is 0.458. The van der Waals surface area contributed by atoms with Crippen LogP contribution in [0.2, 0.25) is 0 Å². The molecule has 0 aliphatic rings. The van der Waals surface area contributed by atoms with Gasteiger partial charge in [0.15, 0.2) is 0 Å². The van der Waals surface area contributed by atoms with E-state index >= 15 is 0 Å². The van der Waals surface area contributed by atoms with E-state index in [0.717, 1.165) is 5.56 Å².